The van der Waals surface area contributed by atoms with Gasteiger partial charge in [0.1, 0.15) is 0 Å². The Labute approximate surface area is 124 Å². The highest BCUT2D eigenvalue weighted by atomic mass is 32.2. The van der Waals surface area contributed by atoms with Crippen LogP contribution in [0.15, 0.2) is 23.1 Å². The summed E-state index contributed by atoms with van der Waals surface area (Å²) in [5.74, 6) is -0.755. The Kier molecular flexibility index (Phi) is 3.90. The summed E-state index contributed by atoms with van der Waals surface area (Å²) in [6.07, 6.45) is 0. The zero-order valence-corrected chi connectivity index (χ0v) is 13.2. The molecule has 0 fully saturated rings. The predicted octanol–water partition coefficient (Wildman–Crippen LogP) is 1.24. The molecule has 1 aromatic rings. The molecule has 1 heterocycles. The Morgan fingerprint density at radius 1 is 1.05 bits per heavy atom. The van der Waals surface area contributed by atoms with E-state index in [2.05, 4.69) is 4.72 Å². The lowest BCUT2D eigenvalue weighted by Crippen LogP contribution is -2.36. The molecule has 6 nitrogen and oxygen atoms in total. The van der Waals surface area contributed by atoms with Crippen LogP contribution in [0.4, 0.5) is 0 Å². The largest absolute Gasteiger partial charge is 0.277 e. The summed E-state index contributed by atoms with van der Waals surface area (Å²) in [5, 5.41) is 0. The number of carbonyl (C=O) groups excluding carboxylic acids is 2. The third-order valence-electron chi connectivity index (χ3n) is 3.71. The highest BCUT2D eigenvalue weighted by Crippen LogP contribution is 2.24. The van der Waals surface area contributed by atoms with Gasteiger partial charge in [-0.1, -0.05) is 13.8 Å². The second-order valence-electron chi connectivity index (χ2n) is 5.53. The summed E-state index contributed by atoms with van der Waals surface area (Å²) in [4.78, 5) is 24.6. The van der Waals surface area contributed by atoms with Crippen LogP contribution in [0.3, 0.4) is 0 Å². The summed E-state index contributed by atoms with van der Waals surface area (Å²) in [7, 11) is -2.34. The fourth-order valence-electron chi connectivity index (χ4n) is 1.96. The summed E-state index contributed by atoms with van der Waals surface area (Å²) < 4.78 is 27.2. The number of rotatable bonds is 4. The van der Waals surface area contributed by atoms with Gasteiger partial charge >= 0.3 is 0 Å². The molecule has 0 aromatic heterocycles. The van der Waals surface area contributed by atoms with Gasteiger partial charge < -0.3 is 0 Å². The third kappa shape index (κ3) is 2.71. The fourth-order valence-corrected chi connectivity index (χ4v) is 3.37. The molecule has 1 atom stereocenters. The molecule has 0 saturated carbocycles. The molecule has 21 heavy (non-hydrogen) atoms. The zero-order chi connectivity index (χ0) is 15.9. The average molecular weight is 310 g/mol. The lowest BCUT2D eigenvalue weighted by atomic mass is 10.1. The second-order valence-corrected chi connectivity index (χ2v) is 7.24. The molecule has 0 bridgehead atoms. The van der Waals surface area contributed by atoms with Crippen LogP contribution in [0.2, 0.25) is 0 Å². The third-order valence-corrected chi connectivity index (χ3v) is 5.27. The van der Waals surface area contributed by atoms with Crippen LogP contribution >= 0.6 is 0 Å². The quantitative estimate of drug-likeness (QED) is 0.848. The molecule has 0 saturated heterocycles. The minimum atomic E-state index is -3.72. The molecule has 1 N–H and O–H groups in total. The lowest BCUT2D eigenvalue weighted by Gasteiger charge is -2.17. The number of nitrogens with one attached hydrogen (secondary N) is 1. The van der Waals surface area contributed by atoms with Crippen LogP contribution in [0.5, 0.6) is 0 Å². The Morgan fingerprint density at radius 3 is 2.19 bits per heavy atom. The predicted molar refractivity (Wildman–Crippen MR) is 77.5 cm³/mol. The topological polar surface area (TPSA) is 83.6 Å². The van der Waals surface area contributed by atoms with E-state index in [0.717, 1.165) is 4.90 Å². The first-order valence-corrected chi connectivity index (χ1v) is 8.12. The number of fused-ring (bicyclic) bond motifs is 1. The minimum Gasteiger partial charge on any atom is -0.277 e. The van der Waals surface area contributed by atoms with Gasteiger partial charge in [-0.15, -0.1) is 0 Å². The van der Waals surface area contributed by atoms with E-state index in [9.17, 15) is 18.0 Å². The van der Waals surface area contributed by atoms with Crippen molar-refractivity contribution >= 4 is 21.8 Å². The number of nitrogens with zero attached hydrogens (tertiary/aromatic N) is 1. The van der Waals surface area contributed by atoms with Crippen LogP contribution < -0.4 is 4.72 Å². The number of imide groups is 1. The van der Waals surface area contributed by atoms with Gasteiger partial charge in [-0.25, -0.2) is 13.1 Å². The maximum absolute atomic E-state index is 12.3. The maximum atomic E-state index is 12.3. The number of carbonyl (C=O) groups is 2. The van der Waals surface area contributed by atoms with Gasteiger partial charge in [0, 0.05) is 13.1 Å². The fraction of sp³-hybridized carbons (Fsp3) is 0.429. The summed E-state index contributed by atoms with van der Waals surface area (Å²) in [6, 6.07) is 3.75. The van der Waals surface area contributed by atoms with Gasteiger partial charge in [0.25, 0.3) is 11.8 Å². The molecule has 114 valence electrons. The highest BCUT2D eigenvalue weighted by Gasteiger charge is 2.34. The number of hydrogen-bond acceptors (Lipinski definition) is 4. The van der Waals surface area contributed by atoms with Gasteiger partial charge in [0.15, 0.2) is 0 Å². The summed E-state index contributed by atoms with van der Waals surface area (Å²) in [6.45, 7) is 5.60. The second kappa shape index (κ2) is 5.23. The molecule has 2 rings (SSSR count). The summed E-state index contributed by atoms with van der Waals surface area (Å²) in [5.41, 5.74) is 0.362. The Balaban J connectivity index is 2.40. The van der Waals surface area contributed by atoms with E-state index in [1.165, 1.54) is 25.2 Å². The molecule has 2 amide bonds. The average Bonchev–Trinajstić information content (AvgIpc) is 2.63. The molecular weight excluding hydrogens is 292 g/mol. The van der Waals surface area contributed by atoms with Crippen molar-refractivity contribution in [2.24, 2.45) is 5.92 Å². The molecule has 7 heteroatoms. The van der Waals surface area contributed by atoms with E-state index < -0.39 is 21.8 Å². The Bertz CT molecular complexity index is 710. The van der Waals surface area contributed by atoms with E-state index in [1.807, 2.05) is 13.8 Å². The van der Waals surface area contributed by atoms with E-state index in [-0.39, 0.29) is 28.0 Å². The van der Waals surface area contributed by atoms with Gasteiger partial charge in [0.2, 0.25) is 10.0 Å². The lowest BCUT2D eigenvalue weighted by molar-refractivity contribution is 0.0693. The van der Waals surface area contributed by atoms with Crippen LogP contribution in [0, 0.1) is 5.92 Å². The molecule has 1 unspecified atom stereocenters. The first-order chi connectivity index (χ1) is 9.65. The van der Waals surface area contributed by atoms with Crippen LogP contribution in [-0.4, -0.2) is 38.2 Å². The molecule has 1 aromatic carbocycles. The van der Waals surface area contributed by atoms with Crippen molar-refractivity contribution in [1.29, 1.82) is 0 Å². The number of benzene rings is 1. The van der Waals surface area contributed by atoms with Crippen LogP contribution in [-0.2, 0) is 10.0 Å². The number of hydrogen-bond donors (Lipinski definition) is 1. The molecule has 0 aliphatic carbocycles. The maximum Gasteiger partial charge on any atom is 0.261 e. The van der Waals surface area contributed by atoms with Crippen molar-refractivity contribution in [3.8, 4) is 0 Å². The van der Waals surface area contributed by atoms with E-state index >= 15 is 0 Å². The van der Waals surface area contributed by atoms with Crippen molar-refractivity contribution in [1.82, 2.24) is 9.62 Å². The monoisotopic (exact) mass is 310 g/mol. The van der Waals surface area contributed by atoms with Gasteiger partial charge in [0.05, 0.1) is 16.0 Å². The zero-order valence-electron chi connectivity index (χ0n) is 12.4. The first kappa shape index (κ1) is 15.7. The summed E-state index contributed by atoms with van der Waals surface area (Å²) >= 11 is 0. The normalized spacial score (nSPS) is 16.5. The van der Waals surface area contributed by atoms with E-state index in [4.69, 9.17) is 0 Å². The highest BCUT2D eigenvalue weighted by molar-refractivity contribution is 7.89. The molecule has 0 radical (unpaired) electrons. The number of sulfonamides is 1. The van der Waals surface area contributed by atoms with E-state index in [1.54, 1.807) is 6.92 Å². The minimum absolute atomic E-state index is 0.00907. The Morgan fingerprint density at radius 2 is 1.62 bits per heavy atom. The molecule has 1 aliphatic rings. The van der Waals surface area contributed by atoms with Gasteiger partial charge in [-0.3, -0.25) is 14.5 Å². The Hall–Kier alpha value is -1.73. The number of amides is 2. The SMILES string of the molecule is CC(C)C(C)NS(=O)(=O)c1ccc2c(c1)C(=O)N(C)C2=O. The van der Waals surface area contributed by atoms with Crippen LogP contribution in [0.25, 0.3) is 0 Å². The smallest absolute Gasteiger partial charge is 0.261 e. The van der Waals surface area contributed by atoms with E-state index in [0.29, 0.717) is 0 Å². The molecular formula is C14H18N2O4S. The van der Waals surface area contributed by atoms with Crippen molar-refractivity contribution in [2.45, 2.75) is 31.7 Å². The van der Waals surface area contributed by atoms with Crippen molar-refractivity contribution in [3.05, 3.63) is 29.3 Å². The first-order valence-electron chi connectivity index (χ1n) is 6.64. The van der Waals surface area contributed by atoms with Crippen LogP contribution in [0.1, 0.15) is 41.5 Å². The van der Waals surface area contributed by atoms with Crippen molar-refractivity contribution in [3.63, 3.8) is 0 Å². The van der Waals surface area contributed by atoms with Crippen molar-refractivity contribution in [2.75, 3.05) is 7.05 Å². The van der Waals surface area contributed by atoms with Crippen molar-refractivity contribution < 1.29 is 18.0 Å². The van der Waals surface area contributed by atoms with Gasteiger partial charge in [-0.05, 0) is 31.0 Å². The molecule has 1 aliphatic heterocycles. The van der Waals surface area contributed by atoms with Gasteiger partial charge in [-0.2, -0.15) is 0 Å². The molecule has 0 spiro atoms. The standard InChI is InChI=1S/C14H18N2O4S/c1-8(2)9(3)15-21(19,20)10-5-6-11-12(7-10)14(18)16(4)13(11)17/h5-9,15H,1-4H3.